The largest absolute Gasteiger partial charge is 0.350 e. The molecule has 0 aliphatic heterocycles. The summed E-state index contributed by atoms with van der Waals surface area (Å²) in [6.07, 6.45) is 0.675. The zero-order valence-corrected chi connectivity index (χ0v) is 15.0. The van der Waals surface area contributed by atoms with Crippen LogP contribution in [0, 0.1) is 0 Å². The Labute approximate surface area is 141 Å². The number of methoxy groups -OCH3 is 2. The van der Waals surface area contributed by atoms with Gasteiger partial charge in [0.05, 0.1) is 0 Å². The number of carbonyl (C=O) groups excluding carboxylic acids is 1. The van der Waals surface area contributed by atoms with Crippen molar-refractivity contribution in [3.63, 3.8) is 0 Å². The van der Waals surface area contributed by atoms with Crippen LogP contribution in [-0.2, 0) is 14.3 Å². The molecule has 2 bridgehead atoms. The van der Waals surface area contributed by atoms with E-state index in [4.69, 9.17) is 9.47 Å². The van der Waals surface area contributed by atoms with Gasteiger partial charge in [-0.15, -0.1) is 0 Å². The van der Waals surface area contributed by atoms with Gasteiger partial charge >= 0.3 is 0 Å². The smallest absolute Gasteiger partial charge is 0.211 e. The lowest BCUT2D eigenvalue weighted by molar-refractivity contribution is -0.212. The van der Waals surface area contributed by atoms with E-state index in [1.165, 1.54) is 0 Å². The Morgan fingerprint density at radius 2 is 1.76 bits per heavy atom. The number of fused-ring (bicyclic) bond motifs is 2. The predicted molar refractivity (Wildman–Crippen MR) is 88.0 cm³/mol. The third-order valence-corrected chi connectivity index (χ3v) is 7.59. The lowest BCUT2D eigenvalue weighted by Gasteiger charge is -2.39. The first-order chi connectivity index (χ1) is 9.89. The van der Waals surface area contributed by atoms with E-state index < -0.39 is 14.4 Å². The van der Waals surface area contributed by atoms with Crippen molar-refractivity contribution in [2.45, 2.75) is 26.8 Å². The molecule has 21 heavy (non-hydrogen) atoms. The van der Waals surface area contributed by atoms with Crippen LogP contribution in [0.4, 0.5) is 0 Å². The number of carbonyl (C=O) groups is 1. The van der Waals surface area contributed by atoms with Gasteiger partial charge in [0.1, 0.15) is 4.32 Å². The first-order valence-electron chi connectivity index (χ1n) is 6.66. The van der Waals surface area contributed by atoms with Crippen molar-refractivity contribution in [1.82, 2.24) is 0 Å². The number of alkyl halides is 2. The Morgan fingerprint density at radius 3 is 2.24 bits per heavy atom. The van der Waals surface area contributed by atoms with Crippen LogP contribution >= 0.6 is 31.9 Å². The molecule has 0 N–H and O–H groups in total. The van der Waals surface area contributed by atoms with Crippen LogP contribution in [0.5, 0.6) is 0 Å². The first-order valence-corrected chi connectivity index (χ1v) is 8.25. The fourth-order valence-electron chi connectivity index (χ4n) is 3.84. The fourth-order valence-corrected chi connectivity index (χ4v) is 6.57. The Bertz CT molecular complexity index is 611. The summed E-state index contributed by atoms with van der Waals surface area (Å²) in [5.74, 6) is -1.24. The molecule has 1 aromatic carbocycles. The van der Waals surface area contributed by atoms with Crippen LogP contribution < -0.4 is 0 Å². The molecule has 0 saturated heterocycles. The topological polar surface area (TPSA) is 35.5 Å². The number of Topliss-reactive ketones (excluding diaryl/α,β-unsaturated/α-hetero) is 1. The van der Waals surface area contributed by atoms with Gasteiger partial charge in [0.25, 0.3) is 0 Å². The van der Waals surface area contributed by atoms with Crippen LogP contribution in [0.15, 0.2) is 42.5 Å². The van der Waals surface area contributed by atoms with E-state index in [1.807, 2.05) is 30.3 Å². The highest BCUT2D eigenvalue weighted by Crippen LogP contribution is 2.71. The zero-order valence-electron chi connectivity index (χ0n) is 11.9. The Hall–Kier alpha value is -0.490. The third kappa shape index (κ3) is 1.53. The molecule has 0 heterocycles. The number of ether oxygens (including phenoxy) is 2. The van der Waals surface area contributed by atoms with E-state index in [0.29, 0.717) is 12.0 Å². The highest BCUT2D eigenvalue weighted by molar-refractivity contribution is 9.11. The van der Waals surface area contributed by atoms with Crippen LogP contribution in [0.2, 0.25) is 0 Å². The van der Waals surface area contributed by atoms with Crippen molar-refractivity contribution in [2.24, 2.45) is 0 Å². The van der Waals surface area contributed by atoms with Gasteiger partial charge in [-0.3, -0.25) is 4.79 Å². The standard InChI is InChI=1S/C16H16Br2O3/c1-10-13(19)15(18)12(11-7-5-4-6-8-11)9-14(10,17)16(15,20-2)21-3/h4-8,12H,1,9H2,2-3H3/t12-,14-,15+/m1/s1. The summed E-state index contributed by atoms with van der Waals surface area (Å²) in [6.45, 7) is 3.97. The predicted octanol–water partition coefficient (Wildman–Crippen LogP) is 3.57. The van der Waals surface area contributed by atoms with Crippen molar-refractivity contribution in [1.29, 1.82) is 0 Å². The fraction of sp³-hybridized carbons (Fsp3) is 0.438. The molecular weight excluding hydrogens is 400 g/mol. The molecule has 3 atom stereocenters. The van der Waals surface area contributed by atoms with E-state index in [-0.39, 0.29) is 11.7 Å². The van der Waals surface area contributed by atoms with Gasteiger partial charge in [0.15, 0.2) is 10.1 Å². The van der Waals surface area contributed by atoms with Gasteiger partial charge in [0, 0.05) is 25.7 Å². The van der Waals surface area contributed by atoms with Crippen molar-refractivity contribution in [3.8, 4) is 0 Å². The SMILES string of the molecule is C=C1C(=O)[C@@]2(Br)[C@@H](c3ccccc3)C[C@]1(Br)C2(OC)OC. The van der Waals surface area contributed by atoms with Crippen LogP contribution in [0.25, 0.3) is 0 Å². The molecule has 1 aromatic rings. The second-order valence-electron chi connectivity index (χ2n) is 5.51. The second-order valence-corrected chi connectivity index (χ2v) is 8.12. The maximum Gasteiger partial charge on any atom is 0.211 e. The normalized spacial score (nSPS) is 37.2. The maximum atomic E-state index is 12.9. The third-order valence-electron chi connectivity index (χ3n) is 4.83. The summed E-state index contributed by atoms with van der Waals surface area (Å²) >= 11 is 7.39. The lowest BCUT2D eigenvalue weighted by atomic mass is 9.80. The minimum atomic E-state index is -1.12. The molecule has 3 nitrogen and oxygen atoms in total. The molecular formula is C16H16Br2O3. The van der Waals surface area contributed by atoms with Crippen molar-refractivity contribution < 1.29 is 14.3 Å². The average Bonchev–Trinajstić information content (AvgIpc) is 2.79. The molecule has 0 spiro atoms. The highest BCUT2D eigenvalue weighted by atomic mass is 79.9. The summed E-state index contributed by atoms with van der Waals surface area (Å²) in [5.41, 5.74) is 1.57. The van der Waals surface area contributed by atoms with Gasteiger partial charge in [0.2, 0.25) is 5.79 Å². The molecule has 2 aliphatic rings. The van der Waals surface area contributed by atoms with Crippen molar-refractivity contribution >= 4 is 37.6 Å². The minimum absolute atomic E-state index is 0.0593. The van der Waals surface area contributed by atoms with Crippen LogP contribution in [0.1, 0.15) is 17.9 Å². The van der Waals surface area contributed by atoms with Gasteiger partial charge in [-0.1, -0.05) is 68.8 Å². The van der Waals surface area contributed by atoms with Crippen molar-refractivity contribution in [2.75, 3.05) is 14.2 Å². The van der Waals surface area contributed by atoms with Crippen LogP contribution in [0.3, 0.4) is 0 Å². The van der Waals surface area contributed by atoms with Gasteiger partial charge in [-0.25, -0.2) is 0 Å². The molecule has 2 aliphatic carbocycles. The van der Waals surface area contributed by atoms with E-state index in [2.05, 4.69) is 38.4 Å². The quantitative estimate of drug-likeness (QED) is 0.430. The van der Waals surface area contributed by atoms with Crippen LogP contribution in [-0.4, -0.2) is 34.4 Å². The zero-order chi connectivity index (χ0) is 15.5. The Kier molecular flexibility index (Phi) is 3.49. The lowest BCUT2D eigenvalue weighted by Crippen LogP contribution is -2.56. The number of rotatable bonds is 3. The number of halogens is 2. The Morgan fingerprint density at radius 1 is 1.19 bits per heavy atom. The van der Waals surface area contributed by atoms with Crippen molar-refractivity contribution in [3.05, 3.63) is 48.0 Å². The summed E-state index contributed by atoms with van der Waals surface area (Å²) in [6, 6.07) is 9.95. The van der Waals surface area contributed by atoms with E-state index >= 15 is 0 Å². The molecule has 5 heteroatoms. The van der Waals surface area contributed by atoms with Gasteiger partial charge in [-0.05, 0) is 12.0 Å². The molecule has 0 aromatic heterocycles. The second kappa shape index (κ2) is 4.75. The Balaban J connectivity index is 2.24. The minimum Gasteiger partial charge on any atom is -0.350 e. The summed E-state index contributed by atoms with van der Waals surface area (Å²) in [7, 11) is 3.13. The number of hydrogen-bond acceptors (Lipinski definition) is 3. The number of ketones is 1. The van der Waals surface area contributed by atoms with E-state index in [9.17, 15) is 4.79 Å². The molecule has 2 saturated carbocycles. The van der Waals surface area contributed by atoms with Gasteiger partial charge in [-0.2, -0.15) is 0 Å². The molecule has 0 radical (unpaired) electrons. The monoisotopic (exact) mass is 414 g/mol. The van der Waals surface area contributed by atoms with E-state index in [0.717, 1.165) is 5.56 Å². The summed E-state index contributed by atoms with van der Waals surface area (Å²) < 4.78 is 9.76. The van der Waals surface area contributed by atoms with E-state index in [1.54, 1.807) is 14.2 Å². The van der Waals surface area contributed by atoms with Gasteiger partial charge < -0.3 is 9.47 Å². The molecule has 0 unspecified atom stereocenters. The highest BCUT2D eigenvalue weighted by Gasteiger charge is 2.82. The maximum absolute atomic E-state index is 12.9. The molecule has 2 fully saturated rings. The summed E-state index contributed by atoms with van der Waals surface area (Å²) in [5, 5.41) is 0. The number of benzene rings is 1. The number of hydrogen-bond donors (Lipinski definition) is 0. The summed E-state index contributed by atoms with van der Waals surface area (Å²) in [4.78, 5) is 12.9. The first kappa shape index (κ1) is 15.4. The molecule has 0 amide bonds. The average molecular weight is 416 g/mol. The molecule has 112 valence electrons. The molecule has 3 rings (SSSR count).